The van der Waals surface area contributed by atoms with Crippen molar-refractivity contribution in [1.29, 1.82) is 0 Å². The van der Waals surface area contributed by atoms with Crippen LogP contribution in [0.25, 0.3) is 0 Å². The highest BCUT2D eigenvalue weighted by Gasteiger charge is 2.13. The first-order valence-corrected chi connectivity index (χ1v) is 3.41. The van der Waals surface area contributed by atoms with Gasteiger partial charge in [-0.15, -0.1) is 0 Å². The van der Waals surface area contributed by atoms with Crippen LogP contribution in [-0.2, 0) is 0 Å². The molecule has 1 saturated heterocycles. The number of nitrogens with zero attached hydrogens (tertiary/aromatic N) is 1. The van der Waals surface area contributed by atoms with E-state index in [0.29, 0.717) is 18.4 Å². The summed E-state index contributed by atoms with van der Waals surface area (Å²) in [7, 11) is 1.95. The number of rotatable bonds is 0. The lowest BCUT2D eigenvalue weighted by atomic mass is 10.1. The van der Waals surface area contributed by atoms with Crippen molar-refractivity contribution in [2.45, 2.75) is 12.8 Å². The van der Waals surface area contributed by atoms with Crippen molar-refractivity contribution in [1.82, 2.24) is 4.90 Å². The highest BCUT2D eigenvalue weighted by Crippen LogP contribution is 2.20. The topological polar surface area (TPSA) is 3.24 Å². The Balaban J connectivity index is 2.48. The molecule has 58 valence electrons. The number of halogens is 2. The van der Waals surface area contributed by atoms with Gasteiger partial charge in [0.15, 0.2) is 0 Å². The Morgan fingerprint density at radius 3 is 2.20 bits per heavy atom. The molecule has 1 aliphatic rings. The number of piperidine rings is 1. The third-order valence-corrected chi connectivity index (χ3v) is 1.86. The molecule has 0 unspecified atom stereocenters. The van der Waals surface area contributed by atoms with Gasteiger partial charge in [-0.1, -0.05) is 0 Å². The lowest BCUT2D eigenvalue weighted by molar-refractivity contribution is 0.296. The number of likely N-dealkylation sites (tertiary alicyclic amines) is 1. The molecule has 0 amide bonds. The van der Waals surface area contributed by atoms with Gasteiger partial charge in [-0.25, -0.2) is 0 Å². The van der Waals surface area contributed by atoms with Crippen LogP contribution in [0.5, 0.6) is 0 Å². The maximum absolute atomic E-state index is 11.9. The zero-order valence-electron chi connectivity index (χ0n) is 6.03. The molecule has 0 N–H and O–H groups in total. The molecular weight excluding hydrogens is 136 g/mol. The summed E-state index contributed by atoms with van der Waals surface area (Å²) in [6, 6.07) is 0. The summed E-state index contributed by atoms with van der Waals surface area (Å²) in [6.45, 7) is 1.54. The molecule has 1 nitrogen and oxygen atoms in total. The SMILES string of the molecule is CN1CCC(=C(F)F)CC1. The van der Waals surface area contributed by atoms with Gasteiger partial charge < -0.3 is 4.90 Å². The van der Waals surface area contributed by atoms with E-state index >= 15 is 0 Å². The van der Waals surface area contributed by atoms with Gasteiger partial charge in [-0.3, -0.25) is 0 Å². The monoisotopic (exact) mass is 147 g/mol. The van der Waals surface area contributed by atoms with Gasteiger partial charge in [-0.05, 0) is 25.5 Å². The molecule has 0 aromatic heterocycles. The van der Waals surface area contributed by atoms with E-state index in [0.717, 1.165) is 13.1 Å². The minimum absolute atomic E-state index is 0.345. The molecule has 1 rings (SSSR count). The minimum Gasteiger partial charge on any atom is -0.306 e. The van der Waals surface area contributed by atoms with Crippen LogP contribution in [0.2, 0.25) is 0 Å². The highest BCUT2D eigenvalue weighted by molar-refractivity contribution is 5.05. The number of hydrogen-bond donors (Lipinski definition) is 0. The fraction of sp³-hybridized carbons (Fsp3) is 0.714. The van der Waals surface area contributed by atoms with Gasteiger partial charge >= 0.3 is 0 Å². The summed E-state index contributed by atoms with van der Waals surface area (Å²) in [5.41, 5.74) is 0.345. The van der Waals surface area contributed by atoms with Crippen molar-refractivity contribution in [3.8, 4) is 0 Å². The highest BCUT2D eigenvalue weighted by atomic mass is 19.3. The molecule has 0 radical (unpaired) electrons. The average Bonchev–Trinajstić information content (AvgIpc) is 1.88. The Labute approximate surface area is 59.3 Å². The van der Waals surface area contributed by atoms with Crippen LogP contribution in [0.15, 0.2) is 11.7 Å². The second-order valence-corrected chi connectivity index (χ2v) is 2.67. The van der Waals surface area contributed by atoms with E-state index in [2.05, 4.69) is 4.90 Å². The van der Waals surface area contributed by atoms with E-state index in [1.807, 2.05) is 7.05 Å². The Hall–Kier alpha value is -0.440. The third kappa shape index (κ3) is 1.77. The first kappa shape index (κ1) is 7.66. The molecule has 0 spiro atoms. The molecule has 0 atom stereocenters. The van der Waals surface area contributed by atoms with Gasteiger partial charge in [0.2, 0.25) is 0 Å². The third-order valence-electron chi connectivity index (χ3n) is 1.86. The standard InChI is InChI=1S/C7H11F2N/c1-10-4-2-6(3-5-10)7(8)9/h2-5H2,1H3. The molecule has 0 bridgehead atoms. The Morgan fingerprint density at radius 1 is 1.30 bits per heavy atom. The smallest absolute Gasteiger partial charge is 0.269 e. The summed E-state index contributed by atoms with van der Waals surface area (Å²) in [6.07, 6.45) is -0.384. The molecule has 3 heteroatoms. The quantitative estimate of drug-likeness (QED) is 0.505. The summed E-state index contributed by atoms with van der Waals surface area (Å²) in [4.78, 5) is 2.06. The van der Waals surface area contributed by atoms with E-state index in [1.165, 1.54) is 0 Å². The van der Waals surface area contributed by atoms with Crippen LogP contribution in [-0.4, -0.2) is 25.0 Å². The second kappa shape index (κ2) is 3.10. The van der Waals surface area contributed by atoms with E-state index in [9.17, 15) is 8.78 Å². The van der Waals surface area contributed by atoms with Gasteiger partial charge in [0.1, 0.15) is 0 Å². The molecule has 10 heavy (non-hydrogen) atoms. The fourth-order valence-electron chi connectivity index (χ4n) is 1.08. The van der Waals surface area contributed by atoms with Crippen LogP contribution in [0.3, 0.4) is 0 Å². The van der Waals surface area contributed by atoms with E-state index < -0.39 is 6.08 Å². The summed E-state index contributed by atoms with van der Waals surface area (Å²) < 4.78 is 23.8. The summed E-state index contributed by atoms with van der Waals surface area (Å²) >= 11 is 0. The summed E-state index contributed by atoms with van der Waals surface area (Å²) in [5.74, 6) is 0. The molecule has 1 heterocycles. The van der Waals surface area contributed by atoms with Crippen LogP contribution < -0.4 is 0 Å². The van der Waals surface area contributed by atoms with Crippen molar-refractivity contribution in [2.75, 3.05) is 20.1 Å². The van der Waals surface area contributed by atoms with Crippen molar-refractivity contribution < 1.29 is 8.78 Å². The normalized spacial score (nSPS) is 21.3. The lowest BCUT2D eigenvalue weighted by Gasteiger charge is -2.22. The van der Waals surface area contributed by atoms with Gasteiger partial charge in [0.05, 0.1) is 0 Å². The van der Waals surface area contributed by atoms with E-state index in [-0.39, 0.29) is 0 Å². The zero-order chi connectivity index (χ0) is 7.56. The summed E-state index contributed by atoms with van der Waals surface area (Å²) in [5, 5.41) is 0. The molecular formula is C7H11F2N. The van der Waals surface area contributed by atoms with Gasteiger partial charge in [-0.2, -0.15) is 8.78 Å². The predicted octanol–water partition coefficient (Wildman–Crippen LogP) is 1.86. The molecule has 0 aromatic carbocycles. The largest absolute Gasteiger partial charge is 0.306 e. The fourth-order valence-corrected chi connectivity index (χ4v) is 1.08. The minimum atomic E-state index is -1.46. The van der Waals surface area contributed by atoms with Crippen LogP contribution in [0.1, 0.15) is 12.8 Å². The number of hydrogen-bond acceptors (Lipinski definition) is 1. The Bertz CT molecular complexity index is 140. The zero-order valence-corrected chi connectivity index (χ0v) is 6.03. The maximum Gasteiger partial charge on any atom is 0.269 e. The Kier molecular flexibility index (Phi) is 2.38. The lowest BCUT2D eigenvalue weighted by Crippen LogP contribution is -2.26. The second-order valence-electron chi connectivity index (χ2n) is 2.67. The van der Waals surface area contributed by atoms with Crippen LogP contribution in [0, 0.1) is 0 Å². The molecule has 1 fully saturated rings. The van der Waals surface area contributed by atoms with Crippen LogP contribution in [0.4, 0.5) is 8.78 Å². The van der Waals surface area contributed by atoms with Crippen molar-refractivity contribution in [2.24, 2.45) is 0 Å². The van der Waals surface area contributed by atoms with Crippen molar-refractivity contribution >= 4 is 0 Å². The molecule has 0 saturated carbocycles. The maximum atomic E-state index is 11.9. The Morgan fingerprint density at radius 2 is 1.80 bits per heavy atom. The average molecular weight is 147 g/mol. The molecule has 0 aromatic rings. The van der Waals surface area contributed by atoms with E-state index in [1.54, 1.807) is 0 Å². The molecule has 0 aliphatic carbocycles. The molecule has 1 aliphatic heterocycles. The van der Waals surface area contributed by atoms with Crippen LogP contribution >= 0.6 is 0 Å². The first-order valence-electron chi connectivity index (χ1n) is 3.41. The van der Waals surface area contributed by atoms with Crippen molar-refractivity contribution in [3.05, 3.63) is 11.7 Å². The van der Waals surface area contributed by atoms with Crippen molar-refractivity contribution in [3.63, 3.8) is 0 Å². The van der Waals surface area contributed by atoms with Gasteiger partial charge in [0, 0.05) is 13.1 Å². The first-order chi connectivity index (χ1) is 4.70. The van der Waals surface area contributed by atoms with E-state index in [4.69, 9.17) is 0 Å². The predicted molar refractivity (Wildman–Crippen MR) is 36.0 cm³/mol. The van der Waals surface area contributed by atoms with Gasteiger partial charge in [0.25, 0.3) is 6.08 Å².